The quantitative estimate of drug-likeness (QED) is 0.0262. The molecular formula is C60H110O6. The van der Waals surface area contributed by atoms with Crippen LogP contribution < -0.4 is 0 Å². The van der Waals surface area contributed by atoms with Crippen LogP contribution in [0, 0.1) is 0 Å². The van der Waals surface area contributed by atoms with Crippen LogP contribution in [0.4, 0.5) is 0 Å². The molecule has 0 unspecified atom stereocenters. The lowest BCUT2D eigenvalue weighted by Gasteiger charge is -2.18. The van der Waals surface area contributed by atoms with Crippen molar-refractivity contribution in [3.8, 4) is 0 Å². The molecule has 0 fully saturated rings. The highest BCUT2D eigenvalue weighted by molar-refractivity contribution is 5.71. The second-order valence-corrected chi connectivity index (χ2v) is 19.6. The summed E-state index contributed by atoms with van der Waals surface area (Å²) in [4.78, 5) is 38.1. The zero-order valence-corrected chi connectivity index (χ0v) is 44.2. The van der Waals surface area contributed by atoms with Crippen molar-refractivity contribution in [2.45, 2.75) is 316 Å². The van der Waals surface area contributed by atoms with Crippen molar-refractivity contribution in [1.29, 1.82) is 0 Å². The lowest BCUT2D eigenvalue weighted by molar-refractivity contribution is -0.167. The monoisotopic (exact) mass is 927 g/mol. The van der Waals surface area contributed by atoms with E-state index in [9.17, 15) is 14.4 Å². The number of allylic oxidation sites excluding steroid dienone is 6. The molecule has 0 aliphatic carbocycles. The van der Waals surface area contributed by atoms with Crippen molar-refractivity contribution in [2.24, 2.45) is 0 Å². The zero-order chi connectivity index (χ0) is 47.9. The van der Waals surface area contributed by atoms with Gasteiger partial charge in [0.15, 0.2) is 6.10 Å². The summed E-state index contributed by atoms with van der Waals surface area (Å²) in [5.74, 6) is -0.876. The summed E-state index contributed by atoms with van der Waals surface area (Å²) in [6.07, 6.45) is 65.6. The smallest absolute Gasteiger partial charge is 0.306 e. The molecule has 0 amide bonds. The minimum absolute atomic E-state index is 0.0755. The number of hydrogen-bond acceptors (Lipinski definition) is 6. The second kappa shape index (κ2) is 55.2. The van der Waals surface area contributed by atoms with E-state index in [1.54, 1.807) is 0 Å². The van der Waals surface area contributed by atoms with Crippen LogP contribution in [0.5, 0.6) is 0 Å². The summed E-state index contributed by atoms with van der Waals surface area (Å²) >= 11 is 0. The number of carbonyl (C=O) groups excluding carboxylic acids is 3. The first-order valence-corrected chi connectivity index (χ1v) is 29.0. The maximum absolute atomic E-state index is 12.8. The standard InChI is InChI=1S/C60H110O6/c1-4-7-10-13-16-19-22-25-28-29-30-31-33-35-38-41-44-47-50-53-59(62)65-56-57(55-64-58(61)52-49-46-43-40-37-34-27-24-21-18-15-12-9-6-3)66-60(63)54-51-48-45-42-39-36-32-26-23-20-17-14-11-8-5-2/h15,18,24,27,29-30,57H,4-14,16-17,19-23,25-26,28,31-56H2,1-3H3/b18-15-,27-24-,30-29-/t57-/m1/s1. The number of rotatable bonds is 53. The first-order valence-electron chi connectivity index (χ1n) is 29.0. The molecular weight excluding hydrogens is 817 g/mol. The highest BCUT2D eigenvalue weighted by atomic mass is 16.6. The first-order chi connectivity index (χ1) is 32.5. The highest BCUT2D eigenvalue weighted by Gasteiger charge is 2.19. The molecule has 0 saturated carbocycles. The second-order valence-electron chi connectivity index (χ2n) is 19.6. The number of unbranched alkanes of at least 4 members (excludes halogenated alkanes) is 36. The number of esters is 3. The molecule has 386 valence electrons. The lowest BCUT2D eigenvalue weighted by atomic mass is 10.0. The largest absolute Gasteiger partial charge is 0.462 e. The van der Waals surface area contributed by atoms with E-state index in [-0.39, 0.29) is 31.1 Å². The highest BCUT2D eigenvalue weighted by Crippen LogP contribution is 2.16. The van der Waals surface area contributed by atoms with Crippen LogP contribution >= 0.6 is 0 Å². The van der Waals surface area contributed by atoms with Crippen LogP contribution in [0.1, 0.15) is 310 Å². The van der Waals surface area contributed by atoms with Gasteiger partial charge in [-0.1, -0.05) is 256 Å². The summed E-state index contributed by atoms with van der Waals surface area (Å²) in [5.41, 5.74) is 0. The summed E-state index contributed by atoms with van der Waals surface area (Å²) < 4.78 is 16.9. The third-order valence-corrected chi connectivity index (χ3v) is 12.9. The minimum Gasteiger partial charge on any atom is -0.462 e. The molecule has 0 aromatic heterocycles. The molecule has 6 heteroatoms. The molecule has 6 nitrogen and oxygen atoms in total. The summed E-state index contributed by atoms with van der Waals surface area (Å²) in [7, 11) is 0. The first kappa shape index (κ1) is 63.6. The van der Waals surface area contributed by atoms with Gasteiger partial charge >= 0.3 is 17.9 Å². The van der Waals surface area contributed by atoms with Crippen molar-refractivity contribution in [3.63, 3.8) is 0 Å². The van der Waals surface area contributed by atoms with Gasteiger partial charge in [-0.2, -0.15) is 0 Å². The molecule has 0 spiro atoms. The predicted octanol–water partition coefficient (Wildman–Crippen LogP) is 19.3. The molecule has 0 aliphatic rings. The van der Waals surface area contributed by atoms with Crippen LogP contribution in [0.3, 0.4) is 0 Å². The molecule has 0 radical (unpaired) electrons. The Hall–Kier alpha value is -2.37. The van der Waals surface area contributed by atoms with E-state index in [1.165, 1.54) is 193 Å². The van der Waals surface area contributed by atoms with Gasteiger partial charge in [0.25, 0.3) is 0 Å². The van der Waals surface area contributed by atoms with Crippen LogP contribution in [0.25, 0.3) is 0 Å². The van der Waals surface area contributed by atoms with Crippen molar-refractivity contribution < 1.29 is 28.6 Å². The van der Waals surface area contributed by atoms with Gasteiger partial charge in [0, 0.05) is 19.3 Å². The average molecular weight is 928 g/mol. The average Bonchev–Trinajstić information content (AvgIpc) is 3.31. The van der Waals surface area contributed by atoms with Crippen molar-refractivity contribution >= 4 is 17.9 Å². The Bertz CT molecular complexity index is 1110. The van der Waals surface area contributed by atoms with Gasteiger partial charge in [-0.15, -0.1) is 0 Å². The lowest BCUT2D eigenvalue weighted by Crippen LogP contribution is -2.30. The molecule has 0 aromatic rings. The topological polar surface area (TPSA) is 78.9 Å². The van der Waals surface area contributed by atoms with Crippen LogP contribution in [-0.4, -0.2) is 37.2 Å². The molecule has 0 aromatic carbocycles. The van der Waals surface area contributed by atoms with Crippen molar-refractivity contribution in [1.82, 2.24) is 0 Å². The Morgan fingerprint density at radius 2 is 0.561 bits per heavy atom. The Labute approximate surface area is 410 Å². The Kier molecular flexibility index (Phi) is 53.2. The van der Waals surface area contributed by atoms with Gasteiger partial charge in [-0.25, -0.2) is 0 Å². The number of carbonyl (C=O) groups is 3. The maximum Gasteiger partial charge on any atom is 0.306 e. The van der Waals surface area contributed by atoms with E-state index >= 15 is 0 Å². The molecule has 1 atom stereocenters. The number of ether oxygens (including phenoxy) is 3. The van der Waals surface area contributed by atoms with Gasteiger partial charge in [0.2, 0.25) is 0 Å². The van der Waals surface area contributed by atoms with Crippen LogP contribution in [0.15, 0.2) is 36.5 Å². The van der Waals surface area contributed by atoms with Crippen LogP contribution in [0.2, 0.25) is 0 Å². The third-order valence-electron chi connectivity index (χ3n) is 12.9. The summed E-state index contributed by atoms with van der Waals surface area (Å²) in [6.45, 7) is 6.62. The fraction of sp³-hybridized carbons (Fsp3) is 0.850. The predicted molar refractivity (Wildman–Crippen MR) is 284 cm³/mol. The van der Waals surface area contributed by atoms with E-state index in [0.29, 0.717) is 19.3 Å². The zero-order valence-electron chi connectivity index (χ0n) is 44.2. The van der Waals surface area contributed by atoms with Crippen molar-refractivity contribution in [2.75, 3.05) is 13.2 Å². The fourth-order valence-corrected chi connectivity index (χ4v) is 8.46. The van der Waals surface area contributed by atoms with Gasteiger partial charge in [0.05, 0.1) is 0 Å². The van der Waals surface area contributed by atoms with Crippen molar-refractivity contribution in [3.05, 3.63) is 36.5 Å². The number of hydrogen-bond donors (Lipinski definition) is 0. The molecule has 0 bridgehead atoms. The third kappa shape index (κ3) is 52.6. The van der Waals surface area contributed by atoms with E-state index in [2.05, 4.69) is 57.2 Å². The molecule has 0 saturated heterocycles. The van der Waals surface area contributed by atoms with Gasteiger partial charge in [-0.3, -0.25) is 14.4 Å². The molecule has 0 N–H and O–H groups in total. The molecule has 0 rings (SSSR count). The molecule has 66 heavy (non-hydrogen) atoms. The SMILES string of the molecule is CCCC/C=C\C/C=C\CCCCCCCC(=O)OC[C@H](COC(=O)CCCCCCCCC/C=C\CCCCCCCCCC)OC(=O)CCCCCCCCCCCCCCCCC. The Morgan fingerprint density at radius 3 is 0.894 bits per heavy atom. The molecule has 0 heterocycles. The normalized spacial score (nSPS) is 12.2. The van der Waals surface area contributed by atoms with E-state index in [0.717, 1.165) is 77.0 Å². The van der Waals surface area contributed by atoms with Gasteiger partial charge in [0.1, 0.15) is 13.2 Å². The Morgan fingerprint density at radius 1 is 0.303 bits per heavy atom. The Balaban J connectivity index is 4.34. The fourth-order valence-electron chi connectivity index (χ4n) is 8.46. The summed E-state index contributed by atoms with van der Waals surface area (Å²) in [6, 6.07) is 0. The summed E-state index contributed by atoms with van der Waals surface area (Å²) in [5, 5.41) is 0. The van der Waals surface area contributed by atoms with Gasteiger partial charge in [-0.05, 0) is 70.6 Å². The van der Waals surface area contributed by atoms with E-state index in [1.807, 2.05) is 0 Å². The minimum atomic E-state index is -0.776. The van der Waals surface area contributed by atoms with E-state index < -0.39 is 6.10 Å². The van der Waals surface area contributed by atoms with Gasteiger partial charge < -0.3 is 14.2 Å². The molecule has 0 aliphatic heterocycles. The van der Waals surface area contributed by atoms with E-state index in [4.69, 9.17) is 14.2 Å². The maximum atomic E-state index is 12.8. The van der Waals surface area contributed by atoms with Crippen LogP contribution in [-0.2, 0) is 28.6 Å².